The average Bonchev–Trinajstić information content (AvgIpc) is 3.22. The second kappa shape index (κ2) is 7.24. The third kappa shape index (κ3) is 4.19. The zero-order chi connectivity index (χ0) is 14.6. The molecule has 20 heavy (non-hydrogen) atoms. The van der Waals surface area contributed by atoms with Gasteiger partial charge >= 0.3 is 0 Å². The predicted molar refractivity (Wildman–Crippen MR) is 85.1 cm³/mol. The lowest BCUT2D eigenvalue weighted by atomic mass is 9.88. The van der Waals surface area contributed by atoms with E-state index in [9.17, 15) is 0 Å². The van der Waals surface area contributed by atoms with E-state index in [4.69, 9.17) is 4.74 Å². The molecule has 0 amide bonds. The van der Waals surface area contributed by atoms with E-state index in [0.717, 1.165) is 44.6 Å². The van der Waals surface area contributed by atoms with Gasteiger partial charge in [-0.05, 0) is 44.4 Å². The molecule has 0 aromatic rings. The molecule has 118 valence electrons. The summed E-state index contributed by atoms with van der Waals surface area (Å²) in [5.74, 6) is 1.68. The molecule has 2 aliphatic rings. The first-order valence-electron chi connectivity index (χ1n) is 8.62. The van der Waals surface area contributed by atoms with Crippen LogP contribution in [0.1, 0.15) is 53.4 Å². The summed E-state index contributed by atoms with van der Waals surface area (Å²) in [7, 11) is 0. The Morgan fingerprint density at radius 3 is 2.65 bits per heavy atom. The summed E-state index contributed by atoms with van der Waals surface area (Å²) in [6.07, 6.45) is 5.24. The van der Waals surface area contributed by atoms with Gasteiger partial charge in [0.2, 0.25) is 0 Å². The molecule has 0 spiro atoms. The van der Waals surface area contributed by atoms with Gasteiger partial charge in [-0.3, -0.25) is 4.90 Å². The largest absolute Gasteiger partial charge is 0.380 e. The van der Waals surface area contributed by atoms with Crippen LogP contribution in [0.3, 0.4) is 0 Å². The molecule has 0 radical (unpaired) electrons. The van der Waals surface area contributed by atoms with E-state index in [0.29, 0.717) is 11.6 Å². The fourth-order valence-electron chi connectivity index (χ4n) is 3.60. The number of piperazine rings is 1. The van der Waals surface area contributed by atoms with E-state index in [-0.39, 0.29) is 0 Å². The van der Waals surface area contributed by atoms with E-state index in [1.807, 2.05) is 0 Å². The van der Waals surface area contributed by atoms with Gasteiger partial charge in [-0.2, -0.15) is 0 Å². The Labute approximate surface area is 125 Å². The molecule has 0 aromatic heterocycles. The van der Waals surface area contributed by atoms with Crippen LogP contribution in [0.2, 0.25) is 0 Å². The molecule has 1 saturated carbocycles. The lowest BCUT2D eigenvalue weighted by Gasteiger charge is -2.49. The summed E-state index contributed by atoms with van der Waals surface area (Å²) in [6, 6.07) is 0.660. The Morgan fingerprint density at radius 1 is 1.30 bits per heavy atom. The minimum atomic E-state index is 0.364. The van der Waals surface area contributed by atoms with Crippen LogP contribution in [0, 0.1) is 11.8 Å². The number of nitrogens with zero attached hydrogens (tertiary/aromatic N) is 1. The Hall–Kier alpha value is -0.120. The van der Waals surface area contributed by atoms with Gasteiger partial charge in [0.25, 0.3) is 0 Å². The summed E-state index contributed by atoms with van der Waals surface area (Å²) in [5.41, 5.74) is 0.364. The normalized spacial score (nSPS) is 31.9. The average molecular weight is 282 g/mol. The first-order valence-corrected chi connectivity index (χ1v) is 8.62. The van der Waals surface area contributed by atoms with Crippen molar-refractivity contribution in [2.75, 3.05) is 32.8 Å². The fraction of sp³-hybridized carbons (Fsp3) is 1.00. The van der Waals surface area contributed by atoms with Crippen molar-refractivity contribution in [3.05, 3.63) is 0 Å². The zero-order valence-corrected chi connectivity index (χ0v) is 14.0. The number of rotatable bonds is 8. The second-order valence-electron chi connectivity index (χ2n) is 7.40. The molecule has 2 atom stereocenters. The van der Waals surface area contributed by atoms with Crippen LogP contribution in [0.25, 0.3) is 0 Å². The van der Waals surface area contributed by atoms with Crippen molar-refractivity contribution >= 4 is 0 Å². The Bertz CT molecular complexity index is 291. The molecule has 2 unspecified atom stereocenters. The molecule has 1 aliphatic carbocycles. The molecule has 0 bridgehead atoms. The van der Waals surface area contributed by atoms with Crippen LogP contribution in [-0.4, -0.2) is 49.3 Å². The highest BCUT2D eigenvalue weighted by molar-refractivity contribution is 5.04. The van der Waals surface area contributed by atoms with Crippen molar-refractivity contribution in [1.82, 2.24) is 10.2 Å². The van der Waals surface area contributed by atoms with Gasteiger partial charge in [-0.25, -0.2) is 0 Å². The van der Waals surface area contributed by atoms with E-state index in [1.165, 1.54) is 25.8 Å². The van der Waals surface area contributed by atoms with Crippen LogP contribution in [0.4, 0.5) is 0 Å². The smallest absolute Gasteiger partial charge is 0.0593 e. The van der Waals surface area contributed by atoms with Crippen LogP contribution in [0.5, 0.6) is 0 Å². The van der Waals surface area contributed by atoms with Crippen molar-refractivity contribution < 1.29 is 4.74 Å². The quantitative estimate of drug-likeness (QED) is 0.693. The summed E-state index contributed by atoms with van der Waals surface area (Å²) in [5, 5.41) is 3.81. The molecule has 1 saturated heterocycles. The summed E-state index contributed by atoms with van der Waals surface area (Å²) in [4.78, 5) is 2.73. The highest BCUT2D eigenvalue weighted by atomic mass is 16.5. The number of hydrogen-bond acceptors (Lipinski definition) is 3. The van der Waals surface area contributed by atoms with Gasteiger partial charge in [-0.1, -0.05) is 20.8 Å². The highest BCUT2D eigenvalue weighted by Crippen LogP contribution is 2.44. The van der Waals surface area contributed by atoms with Gasteiger partial charge < -0.3 is 10.1 Å². The zero-order valence-electron chi connectivity index (χ0n) is 14.0. The number of nitrogens with one attached hydrogen (secondary N) is 1. The standard InChI is InChI=1S/C17H34N2O/c1-5-9-20-10-8-19-12-16(11-14(2)3)18-13-17(19,4)15-6-7-15/h14-16,18H,5-13H2,1-4H3. The molecule has 2 fully saturated rings. The molecule has 0 aromatic carbocycles. The highest BCUT2D eigenvalue weighted by Gasteiger charge is 2.47. The van der Waals surface area contributed by atoms with Gasteiger partial charge in [0.05, 0.1) is 6.61 Å². The first-order chi connectivity index (χ1) is 9.56. The molecular formula is C17H34N2O. The molecule has 1 heterocycles. The molecule has 1 aliphatic heterocycles. The topological polar surface area (TPSA) is 24.5 Å². The third-order valence-electron chi connectivity index (χ3n) is 4.98. The van der Waals surface area contributed by atoms with Crippen LogP contribution in [-0.2, 0) is 4.74 Å². The summed E-state index contributed by atoms with van der Waals surface area (Å²) >= 11 is 0. The lowest BCUT2D eigenvalue weighted by Crippen LogP contribution is -2.65. The monoisotopic (exact) mass is 282 g/mol. The van der Waals surface area contributed by atoms with Crippen LogP contribution >= 0.6 is 0 Å². The maximum atomic E-state index is 5.73. The Balaban J connectivity index is 1.88. The number of ether oxygens (including phenoxy) is 1. The lowest BCUT2D eigenvalue weighted by molar-refractivity contribution is 0.00433. The van der Waals surface area contributed by atoms with Gasteiger partial charge in [-0.15, -0.1) is 0 Å². The molecule has 3 heteroatoms. The van der Waals surface area contributed by atoms with Crippen molar-refractivity contribution in [3.8, 4) is 0 Å². The van der Waals surface area contributed by atoms with Crippen molar-refractivity contribution in [2.24, 2.45) is 11.8 Å². The molecular weight excluding hydrogens is 248 g/mol. The van der Waals surface area contributed by atoms with E-state index >= 15 is 0 Å². The van der Waals surface area contributed by atoms with Crippen LogP contribution in [0.15, 0.2) is 0 Å². The molecule has 3 nitrogen and oxygen atoms in total. The van der Waals surface area contributed by atoms with Gasteiger partial charge in [0.1, 0.15) is 0 Å². The second-order valence-corrected chi connectivity index (χ2v) is 7.40. The predicted octanol–water partition coefficient (Wildman–Crippen LogP) is 2.90. The summed E-state index contributed by atoms with van der Waals surface area (Å²) < 4.78 is 5.73. The number of hydrogen-bond donors (Lipinski definition) is 1. The minimum absolute atomic E-state index is 0.364. The maximum Gasteiger partial charge on any atom is 0.0593 e. The molecule has 2 rings (SSSR count). The van der Waals surface area contributed by atoms with Gasteiger partial charge in [0.15, 0.2) is 0 Å². The fourth-order valence-corrected chi connectivity index (χ4v) is 3.60. The van der Waals surface area contributed by atoms with Crippen molar-refractivity contribution in [3.63, 3.8) is 0 Å². The van der Waals surface area contributed by atoms with Crippen molar-refractivity contribution in [2.45, 2.75) is 65.0 Å². The SMILES string of the molecule is CCCOCCN1CC(CC(C)C)NCC1(C)C1CC1. The molecule has 1 N–H and O–H groups in total. The first kappa shape index (κ1) is 16.3. The van der Waals surface area contributed by atoms with E-state index in [2.05, 4.69) is 37.9 Å². The van der Waals surface area contributed by atoms with E-state index in [1.54, 1.807) is 0 Å². The minimum Gasteiger partial charge on any atom is -0.380 e. The van der Waals surface area contributed by atoms with Gasteiger partial charge in [0, 0.05) is 37.8 Å². The Kier molecular flexibility index (Phi) is 5.88. The van der Waals surface area contributed by atoms with Crippen LogP contribution < -0.4 is 5.32 Å². The summed E-state index contributed by atoms with van der Waals surface area (Å²) in [6.45, 7) is 14.5. The maximum absolute atomic E-state index is 5.73. The van der Waals surface area contributed by atoms with E-state index < -0.39 is 0 Å². The third-order valence-corrected chi connectivity index (χ3v) is 4.98. The van der Waals surface area contributed by atoms with Crippen molar-refractivity contribution in [1.29, 1.82) is 0 Å². The Morgan fingerprint density at radius 2 is 2.05 bits per heavy atom.